The topological polar surface area (TPSA) is 119 Å². The average Bonchev–Trinajstić information content (AvgIpc) is 2.65. The van der Waals surface area contributed by atoms with E-state index in [1.165, 1.54) is 43.5 Å². The Morgan fingerprint density at radius 3 is 2.38 bits per heavy atom. The Balaban J connectivity index is 2.44. The average molecular weight is 442 g/mol. The van der Waals surface area contributed by atoms with Gasteiger partial charge in [0, 0.05) is 17.2 Å². The quantitative estimate of drug-likeness (QED) is 0.495. The van der Waals surface area contributed by atoms with Gasteiger partial charge in [-0.05, 0) is 36.8 Å². The number of hydrogen-bond donors (Lipinski definition) is 1. The molecule has 0 saturated heterocycles. The molecule has 0 spiro atoms. The van der Waals surface area contributed by atoms with Gasteiger partial charge in [-0.3, -0.25) is 19.2 Å². The molecule has 1 atom stereocenters. The highest BCUT2D eigenvalue weighted by molar-refractivity contribution is 7.92. The highest BCUT2D eigenvalue weighted by Gasteiger charge is 2.32. The number of benzene rings is 2. The molecule has 11 heteroatoms. The van der Waals surface area contributed by atoms with Crippen molar-refractivity contribution < 1.29 is 22.9 Å². The summed E-state index contributed by atoms with van der Waals surface area (Å²) < 4.78 is 31.0. The first-order valence-corrected chi connectivity index (χ1v) is 10.7. The Morgan fingerprint density at radius 1 is 1.28 bits per heavy atom. The Labute approximate surface area is 173 Å². The minimum absolute atomic E-state index is 0.0645. The van der Waals surface area contributed by atoms with Crippen LogP contribution >= 0.6 is 11.6 Å². The molecule has 29 heavy (non-hydrogen) atoms. The van der Waals surface area contributed by atoms with Crippen molar-refractivity contribution in [2.75, 3.05) is 23.0 Å². The smallest absolute Gasteiger partial charge is 0.271 e. The number of rotatable bonds is 8. The van der Waals surface area contributed by atoms with Crippen LogP contribution in [0.3, 0.4) is 0 Å². The summed E-state index contributed by atoms with van der Waals surface area (Å²) in [4.78, 5) is 23.4. The van der Waals surface area contributed by atoms with E-state index in [0.717, 1.165) is 16.6 Å². The summed E-state index contributed by atoms with van der Waals surface area (Å²) in [6.45, 7) is 1.66. The van der Waals surface area contributed by atoms with Gasteiger partial charge in [0.15, 0.2) is 0 Å². The van der Waals surface area contributed by atoms with E-state index in [1.807, 2.05) is 0 Å². The van der Waals surface area contributed by atoms with Gasteiger partial charge in [0.2, 0.25) is 15.9 Å². The predicted molar refractivity (Wildman–Crippen MR) is 111 cm³/mol. The molecule has 2 rings (SSSR count). The van der Waals surface area contributed by atoms with Gasteiger partial charge in [0.25, 0.3) is 5.69 Å². The van der Waals surface area contributed by atoms with E-state index < -0.39 is 26.9 Å². The van der Waals surface area contributed by atoms with Gasteiger partial charge in [0.05, 0.1) is 29.7 Å². The van der Waals surface area contributed by atoms with E-state index >= 15 is 0 Å². The van der Waals surface area contributed by atoms with E-state index in [-0.39, 0.29) is 29.2 Å². The molecule has 2 aromatic carbocycles. The first-order chi connectivity index (χ1) is 13.6. The molecule has 0 aromatic heterocycles. The lowest BCUT2D eigenvalue weighted by Gasteiger charge is -2.30. The molecule has 1 amide bonds. The molecule has 0 fully saturated rings. The van der Waals surface area contributed by atoms with Crippen LogP contribution in [0, 0.1) is 10.1 Å². The summed E-state index contributed by atoms with van der Waals surface area (Å²) in [5.74, 6) is -0.456. The van der Waals surface area contributed by atoms with Crippen LogP contribution in [-0.4, -0.2) is 38.7 Å². The Hall–Kier alpha value is -2.85. The number of carbonyl (C=O) groups is 1. The van der Waals surface area contributed by atoms with Gasteiger partial charge in [-0.2, -0.15) is 0 Å². The second-order valence-corrected chi connectivity index (χ2v) is 8.39. The van der Waals surface area contributed by atoms with Crippen LogP contribution < -0.4 is 14.4 Å². The highest BCUT2D eigenvalue weighted by atomic mass is 35.5. The number of nitro benzene ring substituents is 1. The molecule has 0 heterocycles. The lowest BCUT2D eigenvalue weighted by atomic mass is 10.1. The zero-order valence-electron chi connectivity index (χ0n) is 16.0. The van der Waals surface area contributed by atoms with Gasteiger partial charge in [-0.25, -0.2) is 8.42 Å². The van der Waals surface area contributed by atoms with Crippen molar-refractivity contribution in [2.24, 2.45) is 0 Å². The molecular weight excluding hydrogens is 422 g/mol. The number of non-ortho nitro benzene ring substituents is 1. The maximum Gasteiger partial charge on any atom is 0.271 e. The second kappa shape index (κ2) is 9.10. The number of ether oxygens (including phenoxy) is 1. The summed E-state index contributed by atoms with van der Waals surface area (Å²) >= 11 is 5.87. The molecule has 156 valence electrons. The minimum Gasteiger partial charge on any atom is -0.495 e. The fraction of sp³-hybridized carbons (Fsp3) is 0.278. The summed E-state index contributed by atoms with van der Waals surface area (Å²) in [7, 11) is -2.47. The van der Waals surface area contributed by atoms with E-state index in [2.05, 4.69) is 5.32 Å². The molecule has 2 aromatic rings. The fourth-order valence-corrected chi connectivity index (χ4v) is 4.11. The third kappa shape index (κ3) is 5.36. The standard InChI is InChI=1S/C18H20ClN3O6S/c1-4-16(21(29(3,26)27)13-7-5-12(19)6-8-13)18(23)20-15-11-14(22(24)25)9-10-17(15)28-2/h5-11,16H,4H2,1-3H3,(H,20,23)/t16-/m0/s1. The number of nitrogens with one attached hydrogen (secondary N) is 1. The number of anilines is 2. The number of halogens is 1. The van der Waals surface area contributed by atoms with Crippen molar-refractivity contribution in [3.8, 4) is 5.75 Å². The van der Waals surface area contributed by atoms with E-state index in [9.17, 15) is 23.3 Å². The molecule has 0 radical (unpaired) electrons. The fourth-order valence-electron chi connectivity index (χ4n) is 2.77. The largest absolute Gasteiger partial charge is 0.495 e. The van der Waals surface area contributed by atoms with Crippen LogP contribution in [0.15, 0.2) is 42.5 Å². The zero-order chi connectivity index (χ0) is 21.8. The van der Waals surface area contributed by atoms with E-state index in [1.54, 1.807) is 6.92 Å². The van der Waals surface area contributed by atoms with Crippen molar-refractivity contribution in [1.29, 1.82) is 0 Å². The molecule has 9 nitrogen and oxygen atoms in total. The minimum atomic E-state index is -3.83. The van der Waals surface area contributed by atoms with E-state index in [0.29, 0.717) is 5.02 Å². The maximum absolute atomic E-state index is 13.0. The summed E-state index contributed by atoms with van der Waals surface area (Å²) in [6, 6.07) is 8.66. The molecule has 0 aliphatic carbocycles. The normalized spacial score (nSPS) is 12.1. The molecular formula is C18H20ClN3O6S. The first kappa shape index (κ1) is 22.4. The van der Waals surface area contributed by atoms with Crippen molar-refractivity contribution in [1.82, 2.24) is 0 Å². The Bertz CT molecular complexity index is 1010. The maximum atomic E-state index is 13.0. The third-order valence-electron chi connectivity index (χ3n) is 4.06. The lowest BCUT2D eigenvalue weighted by Crippen LogP contribution is -2.47. The van der Waals surface area contributed by atoms with Crippen molar-refractivity contribution in [3.63, 3.8) is 0 Å². The van der Waals surface area contributed by atoms with Crippen LogP contribution in [0.2, 0.25) is 5.02 Å². The van der Waals surface area contributed by atoms with Crippen LogP contribution in [0.5, 0.6) is 5.75 Å². The number of sulfonamides is 1. The van der Waals surface area contributed by atoms with Gasteiger partial charge in [-0.1, -0.05) is 18.5 Å². The molecule has 1 N–H and O–H groups in total. The van der Waals surface area contributed by atoms with Gasteiger partial charge in [-0.15, -0.1) is 0 Å². The number of methoxy groups -OCH3 is 1. The van der Waals surface area contributed by atoms with Crippen LogP contribution in [0.25, 0.3) is 0 Å². The van der Waals surface area contributed by atoms with Crippen LogP contribution in [-0.2, 0) is 14.8 Å². The van der Waals surface area contributed by atoms with Gasteiger partial charge < -0.3 is 10.1 Å². The van der Waals surface area contributed by atoms with E-state index in [4.69, 9.17) is 16.3 Å². The van der Waals surface area contributed by atoms with Crippen LogP contribution in [0.4, 0.5) is 17.1 Å². The molecule has 0 unspecified atom stereocenters. The van der Waals surface area contributed by atoms with Crippen molar-refractivity contribution in [2.45, 2.75) is 19.4 Å². The highest BCUT2D eigenvalue weighted by Crippen LogP contribution is 2.30. The molecule has 0 aliphatic rings. The zero-order valence-corrected chi connectivity index (χ0v) is 17.5. The third-order valence-corrected chi connectivity index (χ3v) is 5.49. The SMILES string of the molecule is CC[C@@H](C(=O)Nc1cc([N+](=O)[O-])ccc1OC)N(c1ccc(Cl)cc1)S(C)(=O)=O. The Morgan fingerprint density at radius 2 is 1.90 bits per heavy atom. The second-order valence-electron chi connectivity index (χ2n) is 6.09. The number of nitro groups is 1. The number of amides is 1. The molecule has 0 bridgehead atoms. The number of hydrogen-bond acceptors (Lipinski definition) is 6. The lowest BCUT2D eigenvalue weighted by molar-refractivity contribution is -0.384. The molecule has 0 saturated carbocycles. The predicted octanol–water partition coefficient (Wildman–Crippen LogP) is 3.44. The van der Waals surface area contributed by atoms with Gasteiger partial charge >= 0.3 is 0 Å². The van der Waals surface area contributed by atoms with Crippen LogP contribution in [0.1, 0.15) is 13.3 Å². The summed E-state index contributed by atoms with van der Waals surface area (Å²) in [6.07, 6.45) is 1.14. The van der Waals surface area contributed by atoms with Crippen molar-refractivity contribution in [3.05, 3.63) is 57.6 Å². The summed E-state index contributed by atoms with van der Waals surface area (Å²) in [5.41, 5.74) is 0.0893. The number of carbonyl (C=O) groups excluding carboxylic acids is 1. The summed E-state index contributed by atoms with van der Waals surface area (Å²) in [5, 5.41) is 14.0. The first-order valence-electron chi connectivity index (χ1n) is 8.46. The number of nitrogens with zero attached hydrogens (tertiary/aromatic N) is 2. The molecule has 0 aliphatic heterocycles. The Kier molecular flexibility index (Phi) is 7.04. The van der Waals surface area contributed by atoms with Crippen molar-refractivity contribution >= 4 is 44.6 Å². The van der Waals surface area contributed by atoms with Gasteiger partial charge in [0.1, 0.15) is 11.8 Å². The monoisotopic (exact) mass is 441 g/mol.